The molecule has 2 aromatic carbocycles. The van der Waals surface area contributed by atoms with E-state index < -0.39 is 0 Å². The molecule has 4 aromatic rings. The molecular weight excluding hydrogens is 378 g/mol. The number of fused-ring (bicyclic) bond motifs is 2. The van der Waals surface area contributed by atoms with Crippen LogP contribution in [0, 0.1) is 13.8 Å². The summed E-state index contributed by atoms with van der Waals surface area (Å²) in [5.74, 6) is 1.25. The van der Waals surface area contributed by atoms with Crippen LogP contribution < -0.4 is 4.74 Å². The van der Waals surface area contributed by atoms with Gasteiger partial charge in [0.25, 0.3) is 0 Å². The molecule has 1 atom stereocenters. The molecule has 0 radical (unpaired) electrons. The number of carbonyl (C=O) groups is 1. The first-order chi connectivity index (χ1) is 14.4. The molecule has 0 fully saturated rings. The van der Waals surface area contributed by atoms with Gasteiger partial charge >= 0.3 is 5.97 Å². The van der Waals surface area contributed by atoms with Crippen LogP contribution in [0.15, 0.2) is 36.5 Å². The van der Waals surface area contributed by atoms with Gasteiger partial charge in [-0.15, -0.1) is 0 Å². The zero-order chi connectivity index (χ0) is 21.4. The highest BCUT2D eigenvalue weighted by molar-refractivity contribution is 5.90. The van der Waals surface area contributed by atoms with E-state index in [-0.39, 0.29) is 11.9 Å². The van der Waals surface area contributed by atoms with E-state index in [0.717, 1.165) is 44.6 Å². The van der Waals surface area contributed by atoms with Crippen molar-refractivity contribution in [2.45, 2.75) is 32.6 Å². The molecule has 0 saturated carbocycles. The highest BCUT2D eigenvalue weighted by Gasteiger charge is 2.26. The zero-order valence-electron chi connectivity index (χ0n) is 18.1. The van der Waals surface area contributed by atoms with E-state index in [9.17, 15) is 4.79 Å². The number of H-pyrrole nitrogens is 1. The molecule has 0 aliphatic carbocycles. The van der Waals surface area contributed by atoms with Crippen LogP contribution in [0.2, 0.25) is 0 Å². The van der Waals surface area contributed by atoms with Crippen molar-refractivity contribution in [2.24, 2.45) is 7.05 Å². The van der Waals surface area contributed by atoms with Gasteiger partial charge in [0, 0.05) is 36.5 Å². The Kier molecular flexibility index (Phi) is 5.24. The molecule has 0 saturated heterocycles. The highest BCUT2D eigenvalue weighted by atomic mass is 16.5. The van der Waals surface area contributed by atoms with Crippen LogP contribution in [0.25, 0.3) is 21.9 Å². The van der Waals surface area contributed by atoms with Gasteiger partial charge in [0.15, 0.2) is 0 Å². The topological polar surface area (TPSA) is 69.1 Å². The Morgan fingerprint density at radius 3 is 2.73 bits per heavy atom. The van der Waals surface area contributed by atoms with Crippen LogP contribution in [0.3, 0.4) is 0 Å². The van der Waals surface area contributed by atoms with E-state index in [1.807, 2.05) is 13.1 Å². The number of hydrogen-bond acceptors (Lipinski definition) is 4. The zero-order valence-corrected chi connectivity index (χ0v) is 18.1. The molecule has 2 aromatic heterocycles. The number of carbonyl (C=O) groups excluding carboxylic acids is 1. The van der Waals surface area contributed by atoms with E-state index in [4.69, 9.17) is 14.5 Å². The summed E-state index contributed by atoms with van der Waals surface area (Å²) < 4.78 is 12.8. The molecule has 0 bridgehead atoms. The maximum absolute atomic E-state index is 12.0. The molecule has 6 heteroatoms. The summed E-state index contributed by atoms with van der Waals surface area (Å²) in [5, 5.41) is 1.11. The van der Waals surface area contributed by atoms with Gasteiger partial charge in [-0.1, -0.05) is 6.07 Å². The van der Waals surface area contributed by atoms with Gasteiger partial charge < -0.3 is 19.0 Å². The third-order valence-corrected chi connectivity index (χ3v) is 5.77. The lowest BCUT2D eigenvalue weighted by Crippen LogP contribution is -2.10. The van der Waals surface area contributed by atoms with Gasteiger partial charge in [0.2, 0.25) is 0 Å². The normalized spacial score (nSPS) is 12.4. The molecule has 1 N–H and O–H groups in total. The van der Waals surface area contributed by atoms with E-state index in [0.29, 0.717) is 12.8 Å². The Morgan fingerprint density at radius 1 is 1.20 bits per heavy atom. The SMILES string of the molecule is COC(=O)CCC(c1nc2ccc(C)cc2[nH]1)c1c(OC)cc(C)c2c1ccn2C. The van der Waals surface area contributed by atoms with Crippen molar-refractivity contribution in [3.8, 4) is 5.75 Å². The van der Waals surface area contributed by atoms with Gasteiger partial charge in [-0.2, -0.15) is 0 Å². The largest absolute Gasteiger partial charge is 0.496 e. The Balaban J connectivity index is 1.93. The summed E-state index contributed by atoms with van der Waals surface area (Å²) in [6, 6.07) is 10.3. The van der Waals surface area contributed by atoms with Crippen molar-refractivity contribution in [2.75, 3.05) is 14.2 Å². The fraction of sp³-hybridized carbons (Fsp3) is 0.333. The summed E-state index contributed by atoms with van der Waals surface area (Å²) >= 11 is 0. The monoisotopic (exact) mass is 405 g/mol. The molecule has 0 aliphatic heterocycles. The molecule has 156 valence electrons. The predicted molar refractivity (Wildman–Crippen MR) is 118 cm³/mol. The number of nitrogens with zero attached hydrogens (tertiary/aromatic N) is 2. The molecule has 6 nitrogen and oxygen atoms in total. The molecule has 1 unspecified atom stereocenters. The summed E-state index contributed by atoms with van der Waals surface area (Å²) in [6.45, 7) is 4.15. The van der Waals surface area contributed by atoms with E-state index in [1.165, 1.54) is 12.7 Å². The van der Waals surface area contributed by atoms with Crippen molar-refractivity contribution < 1.29 is 14.3 Å². The highest BCUT2D eigenvalue weighted by Crippen LogP contribution is 2.41. The van der Waals surface area contributed by atoms with Crippen LogP contribution in [-0.2, 0) is 16.6 Å². The van der Waals surface area contributed by atoms with Crippen LogP contribution >= 0.6 is 0 Å². The first-order valence-electron chi connectivity index (χ1n) is 10.1. The summed E-state index contributed by atoms with van der Waals surface area (Å²) in [6.07, 6.45) is 2.91. The standard InChI is InChI=1S/C24H27N3O3/c1-14-6-8-18-19(12-14)26-24(25-18)17(7-9-21(28)30-5)22-16-10-11-27(3)23(16)15(2)13-20(22)29-4/h6,8,10-13,17H,7,9H2,1-5H3,(H,25,26). The lowest BCUT2D eigenvalue weighted by atomic mass is 9.89. The van der Waals surface area contributed by atoms with Gasteiger partial charge in [-0.05, 0) is 55.7 Å². The maximum atomic E-state index is 12.0. The molecule has 30 heavy (non-hydrogen) atoms. The van der Waals surface area contributed by atoms with Crippen LogP contribution in [0.4, 0.5) is 0 Å². The number of ether oxygens (including phenoxy) is 2. The molecule has 4 rings (SSSR count). The second kappa shape index (κ2) is 7.86. The number of hydrogen-bond donors (Lipinski definition) is 1. The van der Waals surface area contributed by atoms with E-state index in [2.05, 4.69) is 53.9 Å². The minimum atomic E-state index is -0.234. The molecule has 0 aliphatic rings. The van der Waals surface area contributed by atoms with Gasteiger partial charge in [-0.25, -0.2) is 4.98 Å². The third kappa shape index (κ3) is 3.43. The van der Waals surface area contributed by atoms with Crippen molar-refractivity contribution >= 4 is 27.9 Å². The minimum absolute atomic E-state index is 0.141. The quantitative estimate of drug-likeness (QED) is 0.469. The smallest absolute Gasteiger partial charge is 0.305 e. The van der Waals surface area contributed by atoms with Crippen molar-refractivity contribution in [3.05, 3.63) is 59.0 Å². The Morgan fingerprint density at radius 2 is 2.00 bits per heavy atom. The second-order valence-corrected chi connectivity index (χ2v) is 7.81. The predicted octanol–water partition coefficient (Wildman–Crippen LogP) is 4.77. The first kappa shape index (κ1) is 20.0. The number of aromatic nitrogens is 3. The van der Waals surface area contributed by atoms with Gasteiger partial charge in [0.1, 0.15) is 11.6 Å². The van der Waals surface area contributed by atoms with Gasteiger partial charge in [0.05, 0.1) is 30.8 Å². The van der Waals surface area contributed by atoms with Crippen LogP contribution in [-0.4, -0.2) is 34.7 Å². The number of esters is 1. The van der Waals surface area contributed by atoms with Crippen LogP contribution in [0.1, 0.15) is 41.3 Å². The maximum Gasteiger partial charge on any atom is 0.305 e. The average Bonchev–Trinajstić information content (AvgIpc) is 3.32. The van der Waals surface area contributed by atoms with E-state index in [1.54, 1.807) is 7.11 Å². The average molecular weight is 405 g/mol. The van der Waals surface area contributed by atoms with Gasteiger partial charge in [-0.3, -0.25) is 4.79 Å². The lowest BCUT2D eigenvalue weighted by molar-refractivity contribution is -0.140. The lowest BCUT2D eigenvalue weighted by Gasteiger charge is -2.20. The molecule has 2 heterocycles. The molecule has 0 spiro atoms. The Hall–Kier alpha value is -3.28. The summed E-state index contributed by atoms with van der Waals surface area (Å²) in [4.78, 5) is 20.3. The van der Waals surface area contributed by atoms with E-state index >= 15 is 0 Å². The number of aryl methyl sites for hydroxylation is 3. The Labute approximate surface area is 175 Å². The molecular formula is C24H27N3O3. The van der Waals surface area contributed by atoms with Crippen molar-refractivity contribution in [1.29, 1.82) is 0 Å². The molecule has 0 amide bonds. The first-order valence-corrected chi connectivity index (χ1v) is 10.1. The fourth-order valence-electron chi connectivity index (χ4n) is 4.33. The summed E-state index contributed by atoms with van der Waals surface area (Å²) in [5.41, 5.74) is 6.41. The van der Waals surface area contributed by atoms with Crippen molar-refractivity contribution in [1.82, 2.24) is 14.5 Å². The van der Waals surface area contributed by atoms with Crippen LogP contribution in [0.5, 0.6) is 5.75 Å². The number of methoxy groups -OCH3 is 2. The van der Waals surface area contributed by atoms with Crippen molar-refractivity contribution in [3.63, 3.8) is 0 Å². The number of nitrogens with one attached hydrogen (secondary N) is 1. The number of rotatable bonds is 6. The number of aromatic amines is 1. The number of imidazole rings is 1. The fourth-order valence-corrected chi connectivity index (χ4v) is 4.33. The Bertz CT molecular complexity index is 1240. The summed E-state index contributed by atoms with van der Waals surface area (Å²) in [7, 11) is 5.15. The second-order valence-electron chi connectivity index (χ2n) is 7.81. The minimum Gasteiger partial charge on any atom is -0.496 e. The third-order valence-electron chi connectivity index (χ3n) is 5.77. The number of benzene rings is 2.